The zero-order valence-electron chi connectivity index (χ0n) is 11.7. The van der Waals surface area contributed by atoms with Crippen molar-refractivity contribution in [2.75, 3.05) is 6.79 Å². The maximum absolute atomic E-state index is 8.84. The van der Waals surface area contributed by atoms with Gasteiger partial charge in [-0.2, -0.15) is 5.26 Å². The highest BCUT2D eigenvalue weighted by Crippen LogP contribution is 2.36. The predicted octanol–water partition coefficient (Wildman–Crippen LogP) is 2.88. The van der Waals surface area contributed by atoms with Crippen molar-refractivity contribution in [3.63, 3.8) is 0 Å². The molecule has 104 valence electrons. The van der Waals surface area contributed by atoms with Crippen LogP contribution in [0.4, 0.5) is 0 Å². The fraction of sp³-hybridized carbons (Fsp3) is 0.467. The van der Waals surface area contributed by atoms with Crippen LogP contribution in [0.5, 0.6) is 11.5 Å². The van der Waals surface area contributed by atoms with Crippen LogP contribution in [-0.4, -0.2) is 16.3 Å². The molecule has 20 heavy (non-hydrogen) atoms. The van der Waals surface area contributed by atoms with Crippen molar-refractivity contribution >= 4 is 11.0 Å². The van der Waals surface area contributed by atoms with Crippen molar-refractivity contribution in [1.29, 1.82) is 5.26 Å². The number of ether oxygens (including phenoxy) is 2. The van der Waals surface area contributed by atoms with E-state index in [-0.39, 0.29) is 6.79 Å². The molecule has 0 radical (unpaired) electrons. The van der Waals surface area contributed by atoms with Crippen molar-refractivity contribution in [2.24, 2.45) is 5.92 Å². The highest BCUT2D eigenvalue weighted by molar-refractivity contribution is 5.81. The minimum Gasteiger partial charge on any atom is -0.454 e. The predicted molar refractivity (Wildman–Crippen MR) is 74.6 cm³/mol. The van der Waals surface area contributed by atoms with Crippen LogP contribution in [-0.2, 0) is 13.0 Å². The van der Waals surface area contributed by atoms with Crippen LogP contribution in [0.15, 0.2) is 12.1 Å². The molecule has 1 aliphatic heterocycles. The molecule has 2 heterocycles. The molecule has 1 aromatic heterocycles. The Balaban J connectivity index is 2.10. The minimum atomic E-state index is 0.263. The Kier molecular flexibility index (Phi) is 3.23. The molecule has 0 spiro atoms. The van der Waals surface area contributed by atoms with Gasteiger partial charge in [0.05, 0.1) is 23.5 Å². The molecular weight excluding hydrogens is 254 g/mol. The number of aryl methyl sites for hydroxylation is 1. The lowest BCUT2D eigenvalue weighted by Gasteiger charge is -2.09. The van der Waals surface area contributed by atoms with E-state index in [1.807, 2.05) is 12.1 Å². The van der Waals surface area contributed by atoms with Crippen LogP contribution < -0.4 is 9.47 Å². The van der Waals surface area contributed by atoms with E-state index in [2.05, 4.69) is 24.5 Å². The third-order valence-corrected chi connectivity index (χ3v) is 3.36. The third-order valence-electron chi connectivity index (χ3n) is 3.36. The molecule has 5 heteroatoms. The molecule has 0 bridgehead atoms. The third kappa shape index (κ3) is 2.18. The summed E-state index contributed by atoms with van der Waals surface area (Å²) >= 11 is 0. The molecule has 0 saturated carbocycles. The first-order valence-corrected chi connectivity index (χ1v) is 6.84. The first-order chi connectivity index (χ1) is 9.69. The highest BCUT2D eigenvalue weighted by atomic mass is 16.7. The summed E-state index contributed by atoms with van der Waals surface area (Å²) < 4.78 is 12.9. The van der Waals surface area contributed by atoms with E-state index >= 15 is 0 Å². The number of aromatic nitrogens is 2. The zero-order chi connectivity index (χ0) is 14.1. The van der Waals surface area contributed by atoms with Gasteiger partial charge in [0.15, 0.2) is 11.5 Å². The Hall–Kier alpha value is -2.22. The van der Waals surface area contributed by atoms with Gasteiger partial charge in [-0.05, 0) is 5.92 Å². The maximum Gasteiger partial charge on any atom is 0.231 e. The van der Waals surface area contributed by atoms with Crippen molar-refractivity contribution in [3.8, 4) is 17.6 Å². The fourth-order valence-corrected chi connectivity index (χ4v) is 2.50. The average Bonchev–Trinajstić information content (AvgIpc) is 2.96. The number of imidazole rings is 1. The van der Waals surface area contributed by atoms with Gasteiger partial charge in [0.2, 0.25) is 6.79 Å². The smallest absolute Gasteiger partial charge is 0.231 e. The van der Waals surface area contributed by atoms with Gasteiger partial charge in [-0.25, -0.2) is 4.98 Å². The normalized spacial score (nSPS) is 13.1. The highest BCUT2D eigenvalue weighted by Gasteiger charge is 2.19. The standard InChI is InChI=1S/C15H17N3O2/c1-10(2)6-15-17-11-7-13-14(20-9-19-13)8-12(11)18(15)5-3-4-16/h7-8,10H,3,5-6,9H2,1-2H3. The van der Waals surface area contributed by atoms with E-state index in [0.717, 1.165) is 34.8 Å². The molecule has 0 amide bonds. The summed E-state index contributed by atoms with van der Waals surface area (Å²) in [5.74, 6) is 3.05. The summed E-state index contributed by atoms with van der Waals surface area (Å²) in [5, 5.41) is 8.84. The average molecular weight is 271 g/mol. The molecule has 5 nitrogen and oxygen atoms in total. The lowest BCUT2D eigenvalue weighted by molar-refractivity contribution is 0.174. The maximum atomic E-state index is 8.84. The summed E-state index contributed by atoms with van der Waals surface area (Å²) in [6.45, 7) is 5.26. The van der Waals surface area contributed by atoms with Crippen LogP contribution in [0, 0.1) is 17.2 Å². The number of rotatable bonds is 4. The van der Waals surface area contributed by atoms with E-state index in [0.29, 0.717) is 18.9 Å². The van der Waals surface area contributed by atoms with Gasteiger partial charge in [-0.1, -0.05) is 13.8 Å². The second kappa shape index (κ2) is 5.04. The van der Waals surface area contributed by atoms with Crippen LogP contribution in [0.1, 0.15) is 26.1 Å². The van der Waals surface area contributed by atoms with Crippen molar-refractivity contribution < 1.29 is 9.47 Å². The Morgan fingerprint density at radius 2 is 2.10 bits per heavy atom. The van der Waals surface area contributed by atoms with Gasteiger partial charge in [-0.15, -0.1) is 0 Å². The molecule has 0 fully saturated rings. The lowest BCUT2D eigenvalue weighted by atomic mass is 10.1. The van der Waals surface area contributed by atoms with Gasteiger partial charge in [0.25, 0.3) is 0 Å². The first kappa shape index (κ1) is 12.8. The van der Waals surface area contributed by atoms with E-state index in [1.165, 1.54) is 0 Å². The monoisotopic (exact) mass is 271 g/mol. The first-order valence-electron chi connectivity index (χ1n) is 6.84. The number of hydrogen-bond acceptors (Lipinski definition) is 4. The topological polar surface area (TPSA) is 60.1 Å². The van der Waals surface area contributed by atoms with E-state index in [9.17, 15) is 0 Å². The van der Waals surface area contributed by atoms with Gasteiger partial charge >= 0.3 is 0 Å². The molecule has 0 saturated heterocycles. The summed E-state index contributed by atoms with van der Waals surface area (Å²) in [4.78, 5) is 4.70. The summed E-state index contributed by atoms with van der Waals surface area (Å²) in [7, 11) is 0. The molecular formula is C15H17N3O2. The molecule has 2 aromatic rings. The summed E-state index contributed by atoms with van der Waals surface area (Å²) in [6, 6.07) is 6.08. The Bertz CT molecular complexity index is 682. The second-order valence-electron chi connectivity index (χ2n) is 5.38. The Labute approximate surface area is 117 Å². The molecule has 0 atom stereocenters. The van der Waals surface area contributed by atoms with Crippen molar-refractivity contribution in [1.82, 2.24) is 9.55 Å². The largest absolute Gasteiger partial charge is 0.454 e. The van der Waals surface area contributed by atoms with Gasteiger partial charge < -0.3 is 14.0 Å². The molecule has 3 rings (SSSR count). The van der Waals surface area contributed by atoms with Crippen molar-refractivity contribution in [2.45, 2.75) is 33.2 Å². The fourth-order valence-electron chi connectivity index (χ4n) is 2.50. The van der Waals surface area contributed by atoms with Gasteiger partial charge in [-0.3, -0.25) is 0 Å². The number of fused-ring (bicyclic) bond motifs is 2. The van der Waals surface area contributed by atoms with Crippen LogP contribution in [0.3, 0.4) is 0 Å². The minimum absolute atomic E-state index is 0.263. The van der Waals surface area contributed by atoms with Crippen molar-refractivity contribution in [3.05, 3.63) is 18.0 Å². The van der Waals surface area contributed by atoms with Crippen LogP contribution in [0.25, 0.3) is 11.0 Å². The van der Waals surface area contributed by atoms with E-state index < -0.39 is 0 Å². The Morgan fingerprint density at radius 3 is 2.80 bits per heavy atom. The number of nitrogens with zero attached hydrogens (tertiary/aromatic N) is 3. The molecule has 0 aliphatic carbocycles. The molecule has 1 aromatic carbocycles. The SMILES string of the molecule is CC(C)Cc1nc2cc3c(cc2n1CCC#N)OCO3. The number of hydrogen-bond donors (Lipinski definition) is 0. The number of benzene rings is 1. The summed E-state index contributed by atoms with van der Waals surface area (Å²) in [6.07, 6.45) is 1.37. The Morgan fingerprint density at radius 1 is 1.35 bits per heavy atom. The van der Waals surface area contributed by atoms with E-state index in [4.69, 9.17) is 19.7 Å². The molecule has 0 N–H and O–H groups in total. The van der Waals surface area contributed by atoms with Gasteiger partial charge in [0, 0.05) is 25.1 Å². The lowest BCUT2D eigenvalue weighted by Crippen LogP contribution is -2.06. The van der Waals surface area contributed by atoms with Crippen LogP contribution >= 0.6 is 0 Å². The summed E-state index contributed by atoms with van der Waals surface area (Å²) in [5.41, 5.74) is 1.92. The molecule has 1 aliphatic rings. The quantitative estimate of drug-likeness (QED) is 0.858. The zero-order valence-corrected chi connectivity index (χ0v) is 11.7. The van der Waals surface area contributed by atoms with E-state index in [1.54, 1.807) is 0 Å². The van der Waals surface area contributed by atoms with Crippen LogP contribution in [0.2, 0.25) is 0 Å². The number of nitriles is 1. The van der Waals surface area contributed by atoms with Gasteiger partial charge in [0.1, 0.15) is 5.82 Å². The second-order valence-corrected chi connectivity index (χ2v) is 5.38. The molecule has 0 unspecified atom stereocenters.